The van der Waals surface area contributed by atoms with Gasteiger partial charge < -0.3 is 15.1 Å². The summed E-state index contributed by atoms with van der Waals surface area (Å²) in [7, 11) is 1.97. The summed E-state index contributed by atoms with van der Waals surface area (Å²) in [4.78, 5) is 10.3. The fourth-order valence-electron chi connectivity index (χ4n) is 1.42. The molecule has 1 heterocycles. The maximum absolute atomic E-state index is 5.36. The van der Waals surface area contributed by atoms with Crippen LogP contribution in [-0.4, -0.2) is 36.8 Å². The summed E-state index contributed by atoms with van der Waals surface area (Å²) >= 11 is 0. The van der Waals surface area contributed by atoms with Gasteiger partial charge in [-0.25, -0.2) is 15.8 Å². The molecule has 0 atom stereocenters. The molecule has 0 saturated carbocycles. The van der Waals surface area contributed by atoms with E-state index in [-0.39, 0.29) is 0 Å². The molecule has 0 saturated heterocycles. The highest BCUT2D eigenvalue weighted by Crippen LogP contribution is 2.19. The number of nitrogens with two attached hydrogens (primary N) is 1. The lowest BCUT2D eigenvalue weighted by molar-refractivity contribution is 0.154. The van der Waals surface area contributed by atoms with Crippen LogP contribution in [0.15, 0.2) is 6.33 Å². The van der Waals surface area contributed by atoms with Gasteiger partial charge >= 0.3 is 0 Å². The Labute approximate surface area is 95.8 Å². The minimum Gasteiger partial charge on any atom is -0.380 e. The van der Waals surface area contributed by atoms with Gasteiger partial charge in [0.25, 0.3) is 0 Å². The van der Waals surface area contributed by atoms with Gasteiger partial charge in [-0.15, -0.1) is 0 Å². The molecule has 0 unspecified atom stereocenters. The number of hydrogen-bond donors (Lipinski definition) is 2. The summed E-state index contributed by atoms with van der Waals surface area (Å²) in [6, 6.07) is 0. The van der Waals surface area contributed by atoms with E-state index in [0.29, 0.717) is 12.4 Å². The summed E-state index contributed by atoms with van der Waals surface area (Å²) in [5.41, 5.74) is 3.48. The Hall–Kier alpha value is -1.40. The topological polar surface area (TPSA) is 76.3 Å². The van der Waals surface area contributed by atoms with Crippen molar-refractivity contribution in [3.05, 3.63) is 11.9 Å². The van der Waals surface area contributed by atoms with Gasteiger partial charge in [-0.2, -0.15) is 0 Å². The SMILES string of the molecule is CCOCCN(C)c1ncnc(NN)c1C. The van der Waals surface area contributed by atoms with Crippen LogP contribution in [0.1, 0.15) is 12.5 Å². The van der Waals surface area contributed by atoms with Crippen LogP contribution in [0.3, 0.4) is 0 Å². The first-order valence-electron chi connectivity index (χ1n) is 5.27. The number of likely N-dealkylation sites (N-methyl/N-ethyl adjacent to an activating group) is 1. The third-order valence-electron chi connectivity index (χ3n) is 2.33. The number of ether oxygens (including phenoxy) is 1. The Kier molecular flexibility index (Phi) is 4.94. The highest BCUT2D eigenvalue weighted by atomic mass is 16.5. The van der Waals surface area contributed by atoms with Gasteiger partial charge in [0.1, 0.15) is 18.0 Å². The second kappa shape index (κ2) is 6.24. The van der Waals surface area contributed by atoms with E-state index < -0.39 is 0 Å². The van der Waals surface area contributed by atoms with Crippen molar-refractivity contribution in [2.45, 2.75) is 13.8 Å². The van der Waals surface area contributed by atoms with Crippen molar-refractivity contribution in [1.29, 1.82) is 0 Å². The van der Waals surface area contributed by atoms with E-state index in [1.54, 1.807) is 0 Å². The maximum Gasteiger partial charge on any atom is 0.148 e. The lowest BCUT2D eigenvalue weighted by Crippen LogP contribution is -2.25. The lowest BCUT2D eigenvalue weighted by Gasteiger charge is -2.20. The van der Waals surface area contributed by atoms with Crippen LogP contribution in [0.4, 0.5) is 11.6 Å². The van der Waals surface area contributed by atoms with E-state index in [0.717, 1.165) is 24.5 Å². The fraction of sp³-hybridized carbons (Fsp3) is 0.600. The Morgan fingerprint density at radius 2 is 2.25 bits per heavy atom. The summed E-state index contributed by atoms with van der Waals surface area (Å²) in [6.07, 6.45) is 1.49. The molecule has 0 amide bonds. The first kappa shape index (κ1) is 12.7. The third kappa shape index (κ3) is 3.04. The van der Waals surface area contributed by atoms with Gasteiger partial charge in [0.2, 0.25) is 0 Å². The van der Waals surface area contributed by atoms with Crippen molar-refractivity contribution >= 4 is 11.6 Å². The molecule has 1 aromatic rings. The summed E-state index contributed by atoms with van der Waals surface area (Å²) in [5, 5.41) is 0. The number of nitrogens with one attached hydrogen (secondary N) is 1. The molecule has 6 nitrogen and oxygen atoms in total. The van der Waals surface area contributed by atoms with E-state index in [9.17, 15) is 0 Å². The van der Waals surface area contributed by atoms with Crippen LogP contribution < -0.4 is 16.2 Å². The Morgan fingerprint density at radius 3 is 2.88 bits per heavy atom. The molecule has 0 aromatic carbocycles. The largest absolute Gasteiger partial charge is 0.380 e. The first-order valence-corrected chi connectivity index (χ1v) is 5.27. The van der Waals surface area contributed by atoms with Crippen molar-refractivity contribution in [3.63, 3.8) is 0 Å². The molecule has 16 heavy (non-hydrogen) atoms. The van der Waals surface area contributed by atoms with E-state index in [2.05, 4.69) is 15.4 Å². The quantitative estimate of drug-likeness (QED) is 0.418. The molecule has 0 radical (unpaired) electrons. The second-order valence-corrected chi connectivity index (χ2v) is 3.43. The van der Waals surface area contributed by atoms with Gasteiger partial charge in [-0.05, 0) is 13.8 Å². The Bertz CT molecular complexity index is 331. The molecule has 0 aliphatic carbocycles. The number of hydrogen-bond acceptors (Lipinski definition) is 6. The molecule has 1 aromatic heterocycles. The number of hydrazine groups is 1. The molecular formula is C10H19N5O. The van der Waals surface area contributed by atoms with Crippen LogP contribution in [0.5, 0.6) is 0 Å². The molecule has 0 aliphatic heterocycles. The normalized spacial score (nSPS) is 10.2. The van der Waals surface area contributed by atoms with E-state index in [4.69, 9.17) is 10.6 Å². The predicted octanol–water partition coefficient (Wildman–Crippen LogP) is 0.543. The zero-order valence-corrected chi connectivity index (χ0v) is 10.0. The summed E-state index contributed by atoms with van der Waals surface area (Å²) in [5.74, 6) is 6.87. The van der Waals surface area contributed by atoms with Crippen LogP contribution >= 0.6 is 0 Å². The van der Waals surface area contributed by atoms with Crippen LogP contribution in [0.2, 0.25) is 0 Å². The molecular weight excluding hydrogens is 206 g/mol. The van der Waals surface area contributed by atoms with Gasteiger partial charge in [0.05, 0.1) is 6.61 Å². The van der Waals surface area contributed by atoms with Crippen LogP contribution in [0.25, 0.3) is 0 Å². The number of rotatable bonds is 6. The molecule has 0 bridgehead atoms. The Morgan fingerprint density at radius 1 is 1.50 bits per heavy atom. The number of aromatic nitrogens is 2. The average Bonchev–Trinajstić information content (AvgIpc) is 2.29. The molecule has 1 rings (SSSR count). The third-order valence-corrected chi connectivity index (χ3v) is 2.33. The van der Waals surface area contributed by atoms with Gasteiger partial charge in [-0.1, -0.05) is 0 Å². The molecule has 3 N–H and O–H groups in total. The smallest absolute Gasteiger partial charge is 0.148 e. The first-order chi connectivity index (χ1) is 7.70. The van der Waals surface area contributed by atoms with Crippen molar-refractivity contribution in [2.75, 3.05) is 37.1 Å². The lowest BCUT2D eigenvalue weighted by atomic mass is 10.3. The van der Waals surface area contributed by atoms with Gasteiger partial charge in [0.15, 0.2) is 0 Å². The summed E-state index contributed by atoms with van der Waals surface area (Å²) in [6.45, 7) is 6.11. The van der Waals surface area contributed by atoms with Gasteiger partial charge in [-0.3, -0.25) is 0 Å². The van der Waals surface area contributed by atoms with E-state index in [1.165, 1.54) is 6.33 Å². The van der Waals surface area contributed by atoms with Crippen LogP contribution in [0, 0.1) is 6.92 Å². The standard InChI is InChI=1S/C10H19N5O/c1-4-16-6-5-15(3)10-8(2)9(14-11)12-7-13-10/h7H,4-6,11H2,1-3H3,(H,12,13,14). The molecule has 90 valence electrons. The minimum atomic E-state index is 0.647. The molecule has 6 heteroatoms. The second-order valence-electron chi connectivity index (χ2n) is 3.43. The monoisotopic (exact) mass is 225 g/mol. The van der Waals surface area contributed by atoms with Crippen molar-refractivity contribution in [1.82, 2.24) is 9.97 Å². The van der Waals surface area contributed by atoms with Crippen LogP contribution in [-0.2, 0) is 4.74 Å². The highest BCUT2D eigenvalue weighted by molar-refractivity contribution is 5.56. The van der Waals surface area contributed by atoms with Crippen molar-refractivity contribution < 1.29 is 4.74 Å². The van der Waals surface area contributed by atoms with Gasteiger partial charge in [0, 0.05) is 25.8 Å². The minimum absolute atomic E-state index is 0.647. The maximum atomic E-state index is 5.36. The molecule has 0 aliphatic rings. The number of anilines is 2. The fourth-order valence-corrected chi connectivity index (χ4v) is 1.42. The average molecular weight is 225 g/mol. The predicted molar refractivity (Wildman–Crippen MR) is 64.3 cm³/mol. The zero-order valence-electron chi connectivity index (χ0n) is 10.0. The Balaban J connectivity index is 2.71. The number of nitrogens with zero attached hydrogens (tertiary/aromatic N) is 3. The highest BCUT2D eigenvalue weighted by Gasteiger charge is 2.09. The molecule has 0 spiro atoms. The summed E-state index contributed by atoms with van der Waals surface area (Å²) < 4.78 is 5.30. The van der Waals surface area contributed by atoms with E-state index >= 15 is 0 Å². The molecule has 0 fully saturated rings. The van der Waals surface area contributed by atoms with Crippen molar-refractivity contribution in [3.8, 4) is 0 Å². The zero-order chi connectivity index (χ0) is 12.0. The van der Waals surface area contributed by atoms with Crippen molar-refractivity contribution in [2.24, 2.45) is 5.84 Å². The van der Waals surface area contributed by atoms with E-state index in [1.807, 2.05) is 25.8 Å². The number of nitrogen functional groups attached to an aromatic ring is 1.